The molecule has 10 heteroatoms. The van der Waals surface area contributed by atoms with Gasteiger partial charge in [0.2, 0.25) is 0 Å². The van der Waals surface area contributed by atoms with Crippen LogP contribution in [0.15, 0.2) is 30.5 Å². The lowest BCUT2D eigenvalue weighted by atomic mass is 10.0. The Morgan fingerprint density at radius 1 is 1.43 bits per heavy atom. The number of hydrogen-bond acceptors (Lipinski definition) is 5. The molecule has 2 aromatic rings. The largest absolute Gasteiger partial charge is 0.445 e. The number of alkyl halides is 1. The molecular formula is C18H18F2IN5O2. The van der Waals surface area contributed by atoms with Gasteiger partial charge < -0.3 is 20.7 Å². The van der Waals surface area contributed by atoms with E-state index in [1.807, 2.05) is 4.90 Å². The van der Waals surface area contributed by atoms with Crippen LogP contribution in [-0.4, -0.2) is 40.5 Å². The van der Waals surface area contributed by atoms with Crippen molar-refractivity contribution in [3.63, 3.8) is 0 Å². The first-order valence-electron chi connectivity index (χ1n) is 8.41. The molecule has 3 rings (SSSR count). The van der Waals surface area contributed by atoms with E-state index in [9.17, 15) is 13.6 Å². The molecule has 1 aromatic carbocycles. The highest BCUT2D eigenvalue weighted by Gasteiger charge is 2.27. The Hall–Kier alpha value is -2.50. The maximum Gasteiger partial charge on any atom is 0.407 e. The Kier molecular flexibility index (Phi) is 6.27. The number of nitrogens with zero attached hydrogens (tertiary/aromatic N) is 2. The number of rotatable bonds is 6. The van der Waals surface area contributed by atoms with E-state index < -0.39 is 17.7 Å². The van der Waals surface area contributed by atoms with Crippen molar-refractivity contribution >= 4 is 40.3 Å². The zero-order valence-corrected chi connectivity index (χ0v) is 16.9. The first-order valence-corrected chi connectivity index (χ1v) is 9.65. The molecule has 1 fully saturated rings. The summed E-state index contributed by atoms with van der Waals surface area (Å²) in [5, 5.41) is 9.29. The fourth-order valence-electron chi connectivity index (χ4n) is 2.68. The molecule has 1 aromatic heterocycles. The average molecular weight is 501 g/mol. The normalized spacial score (nSPS) is 13.8. The Balaban J connectivity index is 1.73. The Bertz CT molecular complexity index is 906. The molecule has 1 amide bonds. The highest BCUT2D eigenvalue weighted by Crippen LogP contribution is 2.30. The van der Waals surface area contributed by atoms with E-state index in [2.05, 4.69) is 32.9 Å². The van der Waals surface area contributed by atoms with Crippen LogP contribution in [0.25, 0.3) is 11.1 Å². The second-order valence-electron chi connectivity index (χ2n) is 6.27. The van der Waals surface area contributed by atoms with Gasteiger partial charge in [0.1, 0.15) is 18.3 Å². The van der Waals surface area contributed by atoms with E-state index in [1.54, 1.807) is 6.07 Å². The fourth-order valence-corrected chi connectivity index (χ4v) is 3.64. The zero-order valence-electron chi connectivity index (χ0n) is 14.7. The van der Waals surface area contributed by atoms with Crippen LogP contribution < -0.4 is 16.0 Å². The standard InChI is InChI=1S/C18H18F2IN5O2/c19-14-4-11(5-24-17(14)26-7-12(21)8-26)13-3-1-2-10(16(13)20)9-28-18(27)25-6-15(22)23/h1-5,12H,6-9H2,(H3,22,23)(H,25,27). The number of amides is 1. The van der Waals surface area contributed by atoms with Crippen LogP contribution in [0.1, 0.15) is 5.56 Å². The van der Waals surface area contributed by atoms with Gasteiger partial charge in [-0.15, -0.1) is 0 Å². The number of anilines is 1. The van der Waals surface area contributed by atoms with Gasteiger partial charge in [-0.2, -0.15) is 0 Å². The average Bonchev–Trinajstić information content (AvgIpc) is 2.63. The molecule has 0 radical (unpaired) electrons. The summed E-state index contributed by atoms with van der Waals surface area (Å²) in [6.45, 7) is 0.990. The number of nitrogens with one attached hydrogen (secondary N) is 2. The smallest absolute Gasteiger partial charge is 0.407 e. The zero-order chi connectivity index (χ0) is 20.3. The van der Waals surface area contributed by atoms with E-state index in [4.69, 9.17) is 15.9 Å². The van der Waals surface area contributed by atoms with E-state index in [1.165, 1.54) is 24.4 Å². The molecule has 28 heavy (non-hydrogen) atoms. The second kappa shape index (κ2) is 8.67. The van der Waals surface area contributed by atoms with Crippen LogP contribution in [-0.2, 0) is 11.3 Å². The van der Waals surface area contributed by atoms with Gasteiger partial charge in [-0.1, -0.05) is 40.8 Å². The first-order chi connectivity index (χ1) is 13.3. The number of aromatic nitrogens is 1. The van der Waals surface area contributed by atoms with Crippen LogP contribution in [0.4, 0.5) is 19.4 Å². The minimum absolute atomic E-state index is 0.135. The lowest BCUT2D eigenvalue weighted by Gasteiger charge is -2.37. The number of benzene rings is 1. The molecule has 0 bridgehead atoms. The highest BCUT2D eigenvalue weighted by molar-refractivity contribution is 14.1. The molecule has 0 saturated carbocycles. The number of alkyl carbamates (subject to hydrolysis) is 1. The van der Waals surface area contributed by atoms with E-state index in [0.29, 0.717) is 9.49 Å². The molecule has 1 aliphatic rings. The van der Waals surface area contributed by atoms with Gasteiger partial charge in [0.15, 0.2) is 11.6 Å². The number of carbonyl (C=O) groups excluding carboxylic acids is 1. The van der Waals surface area contributed by atoms with Gasteiger partial charge in [-0.25, -0.2) is 18.6 Å². The number of halogens is 3. The lowest BCUT2D eigenvalue weighted by Crippen LogP contribution is -2.48. The van der Waals surface area contributed by atoms with Crippen molar-refractivity contribution in [2.24, 2.45) is 5.73 Å². The van der Waals surface area contributed by atoms with Crippen LogP contribution in [0.5, 0.6) is 0 Å². The van der Waals surface area contributed by atoms with Gasteiger partial charge in [0, 0.05) is 39.9 Å². The summed E-state index contributed by atoms with van der Waals surface area (Å²) < 4.78 is 34.6. The number of pyridine rings is 1. The quantitative estimate of drug-likeness (QED) is 0.245. The minimum atomic E-state index is -0.819. The van der Waals surface area contributed by atoms with E-state index in [-0.39, 0.29) is 35.9 Å². The van der Waals surface area contributed by atoms with Crippen molar-refractivity contribution in [3.8, 4) is 11.1 Å². The number of hydrogen-bond donors (Lipinski definition) is 3. The molecule has 4 N–H and O–H groups in total. The summed E-state index contributed by atoms with van der Waals surface area (Å²) in [6, 6.07) is 5.82. The predicted octanol–water partition coefficient (Wildman–Crippen LogP) is 2.81. The van der Waals surface area contributed by atoms with Crippen LogP contribution in [0.2, 0.25) is 0 Å². The molecule has 0 spiro atoms. The summed E-state index contributed by atoms with van der Waals surface area (Å²) in [6.07, 6.45) is 0.613. The number of nitrogens with two attached hydrogens (primary N) is 1. The van der Waals surface area contributed by atoms with Crippen LogP contribution >= 0.6 is 22.6 Å². The van der Waals surface area contributed by atoms with Crippen molar-refractivity contribution in [2.75, 3.05) is 24.5 Å². The van der Waals surface area contributed by atoms with Crippen molar-refractivity contribution < 1.29 is 18.3 Å². The van der Waals surface area contributed by atoms with Crippen molar-refractivity contribution in [2.45, 2.75) is 10.5 Å². The molecule has 1 saturated heterocycles. The van der Waals surface area contributed by atoms with Gasteiger partial charge >= 0.3 is 6.09 Å². The molecule has 0 atom stereocenters. The summed E-state index contributed by atoms with van der Waals surface area (Å²) >= 11 is 2.29. The van der Waals surface area contributed by atoms with Gasteiger partial charge in [0.25, 0.3) is 0 Å². The second-order valence-corrected chi connectivity index (χ2v) is 8.03. The first kappa shape index (κ1) is 20.2. The monoisotopic (exact) mass is 501 g/mol. The molecule has 1 aliphatic heterocycles. The topological polar surface area (TPSA) is 104 Å². The third-order valence-corrected chi connectivity index (χ3v) is 4.92. The van der Waals surface area contributed by atoms with Crippen molar-refractivity contribution in [3.05, 3.63) is 47.7 Å². The van der Waals surface area contributed by atoms with Gasteiger partial charge in [-0.05, 0) is 6.07 Å². The SMILES string of the molecule is N=C(N)CNC(=O)OCc1cccc(-c2cnc(N3CC(I)C3)c(F)c2)c1F. The van der Waals surface area contributed by atoms with E-state index in [0.717, 1.165) is 13.1 Å². The fraction of sp³-hybridized carbons (Fsp3) is 0.278. The van der Waals surface area contributed by atoms with Gasteiger partial charge in [0.05, 0.1) is 6.54 Å². The molecule has 0 unspecified atom stereocenters. The number of carbonyl (C=O) groups is 1. The predicted molar refractivity (Wildman–Crippen MR) is 110 cm³/mol. The maximum atomic E-state index is 14.8. The van der Waals surface area contributed by atoms with Gasteiger partial charge in [-0.3, -0.25) is 5.41 Å². The third kappa shape index (κ3) is 4.66. The Labute approximate surface area is 173 Å². The minimum Gasteiger partial charge on any atom is -0.445 e. The summed E-state index contributed by atoms with van der Waals surface area (Å²) in [5.74, 6) is -1.09. The summed E-state index contributed by atoms with van der Waals surface area (Å²) in [5.41, 5.74) is 5.73. The lowest BCUT2D eigenvalue weighted by molar-refractivity contribution is 0.140. The summed E-state index contributed by atoms with van der Waals surface area (Å²) in [7, 11) is 0. The molecule has 2 heterocycles. The van der Waals surface area contributed by atoms with Crippen molar-refractivity contribution in [1.29, 1.82) is 5.41 Å². The Morgan fingerprint density at radius 3 is 2.82 bits per heavy atom. The summed E-state index contributed by atoms with van der Waals surface area (Å²) in [4.78, 5) is 17.5. The van der Waals surface area contributed by atoms with Crippen LogP contribution in [0.3, 0.4) is 0 Å². The molecule has 7 nitrogen and oxygen atoms in total. The Morgan fingerprint density at radius 2 is 2.18 bits per heavy atom. The highest BCUT2D eigenvalue weighted by atomic mass is 127. The maximum absolute atomic E-state index is 14.8. The van der Waals surface area contributed by atoms with Crippen molar-refractivity contribution in [1.82, 2.24) is 10.3 Å². The third-order valence-electron chi connectivity index (χ3n) is 4.13. The van der Waals surface area contributed by atoms with E-state index >= 15 is 0 Å². The molecule has 148 valence electrons. The molecular weight excluding hydrogens is 483 g/mol. The number of amidine groups is 1. The molecule has 0 aliphatic carbocycles. The number of ether oxygens (including phenoxy) is 1. The van der Waals surface area contributed by atoms with Crippen LogP contribution in [0, 0.1) is 17.0 Å².